The van der Waals surface area contributed by atoms with Gasteiger partial charge in [-0.2, -0.15) is 0 Å². The zero-order valence-electron chi connectivity index (χ0n) is 3.52. The van der Waals surface area contributed by atoms with Gasteiger partial charge in [0, 0.05) is 0 Å². The maximum Gasteiger partial charge on any atom is 0.152 e. The minimum Gasteiger partial charge on any atom is -0.335 e. The van der Waals surface area contributed by atoms with E-state index in [1.807, 2.05) is 0 Å². The van der Waals surface area contributed by atoms with Crippen LogP contribution in [0.2, 0.25) is 0 Å². The quantitative estimate of drug-likeness (QED) is 0.391. The molecule has 1 heterocycles. The van der Waals surface area contributed by atoms with Gasteiger partial charge in [-0.25, -0.2) is 0 Å². The van der Waals surface area contributed by atoms with E-state index in [1.165, 1.54) is 0 Å². The van der Waals surface area contributed by atoms with Crippen LogP contribution < -0.4 is 5.32 Å². The van der Waals surface area contributed by atoms with E-state index in [9.17, 15) is 4.21 Å². The Morgan fingerprint density at radius 1 is 1.67 bits per heavy atom. The molecular weight excluding hydrogens is 98.1 g/mol. The summed E-state index contributed by atoms with van der Waals surface area (Å²) in [5.74, 6) is 1.74. The summed E-state index contributed by atoms with van der Waals surface area (Å²) in [5.41, 5.74) is 0. The minimum absolute atomic E-state index is 0.478. The fourth-order valence-corrected chi connectivity index (χ4v) is 1.54. The third-order valence-corrected chi connectivity index (χ3v) is 2.15. The van der Waals surface area contributed by atoms with Gasteiger partial charge >= 0.3 is 0 Å². The maximum absolute atomic E-state index is 10.3. The molecule has 3 heteroatoms. The van der Waals surface area contributed by atoms with Crippen molar-refractivity contribution in [3.8, 4) is 0 Å². The van der Waals surface area contributed by atoms with E-state index >= 15 is 0 Å². The Morgan fingerprint density at radius 3 is 2.67 bits per heavy atom. The van der Waals surface area contributed by atoms with E-state index in [1.54, 1.807) is 0 Å². The first kappa shape index (κ1) is 4.27. The number of rotatable bonds is 0. The molecule has 0 aromatic carbocycles. The van der Waals surface area contributed by atoms with Crippen LogP contribution in [0, 0.1) is 0 Å². The van der Waals surface area contributed by atoms with Crippen molar-refractivity contribution >= 4 is 10.8 Å². The van der Waals surface area contributed by atoms with Crippen LogP contribution in [0.5, 0.6) is 0 Å². The topological polar surface area (TPSA) is 33.7 Å². The first-order valence-corrected chi connectivity index (χ1v) is 3.55. The molecule has 0 spiro atoms. The summed E-state index contributed by atoms with van der Waals surface area (Å²) in [6.45, 7) is 1.06. The third-order valence-electron chi connectivity index (χ3n) is 0.853. The van der Waals surface area contributed by atoms with Crippen LogP contribution in [-0.4, -0.2) is 22.4 Å². The van der Waals surface area contributed by atoms with Gasteiger partial charge < -0.3 is 5.32 Å². The Morgan fingerprint density at radius 2 is 2.50 bits per heavy atom. The second-order valence-electron chi connectivity index (χ2n) is 1.39. The molecule has 1 aliphatic rings. The van der Waals surface area contributed by atoms with Crippen molar-refractivity contribution < 1.29 is 9.53 Å². The highest BCUT2D eigenvalue weighted by molar-refractivity contribution is 7.84. The second-order valence-corrected chi connectivity index (χ2v) is 3.01. The number of quaternary nitrogens is 1. The van der Waals surface area contributed by atoms with Gasteiger partial charge in [-0.05, 0) is 0 Å². The average molecular weight is 106 g/mol. The average Bonchev–Trinajstić information content (AvgIpc) is 1.86. The Labute approximate surface area is 39.4 Å². The van der Waals surface area contributed by atoms with E-state index in [2.05, 4.69) is 5.32 Å². The molecule has 2 nitrogen and oxygen atoms in total. The summed E-state index contributed by atoms with van der Waals surface area (Å²) >= 11 is 0. The van der Waals surface area contributed by atoms with Crippen LogP contribution >= 0.6 is 0 Å². The van der Waals surface area contributed by atoms with Crippen LogP contribution in [0.1, 0.15) is 0 Å². The summed E-state index contributed by atoms with van der Waals surface area (Å²) in [7, 11) is -0.478. The first-order valence-electron chi connectivity index (χ1n) is 2.06. The van der Waals surface area contributed by atoms with E-state index < -0.39 is 10.8 Å². The van der Waals surface area contributed by atoms with E-state index in [0.29, 0.717) is 0 Å². The SMILES string of the molecule is O=S1CC[NH2+]C1. The summed E-state index contributed by atoms with van der Waals surface area (Å²) in [6.07, 6.45) is 0. The standard InChI is InChI=1S/C3H7NOS/c5-6-2-1-4-3-6/h4H,1-3H2/p+1. The lowest BCUT2D eigenvalue weighted by Gasteiger charge is -1.72. The molecule has 1 unspecified atom stereocenters. The molecule has 0 bridgehead atoms. The van der Waals surface area contributed by atoms with Gasteiger partial charge in [0.05, 0.1) is 23.1 Å². The van der Waals surface area contributed by atoms with Crippen molar-refractivity contribution in [3.63, 3.8) is 0 Å². The maximum atomic E-state index is 10.3. The van der Waals surface area contributed by atoms with Crippen molar-refractivity contribution in [3.05, 3.63) is 0 Å². The van der Waals surface area contributed by atoms with Gasteiger partial charge in [-0.1, -0.05) is 0 Å². The number of hydrogen-bond acceptors (Lipinski definition) is 1. The molecule has 36 valence electrons. The van der Waals surface area contributed by atoms with Crippen LogP contribution in [0.3, 0.4) is 0 Å². The first-order chi connectivity index (χ1) is 2.89. The van der Waals surface area contributed by atoms with Crippen LogP contribution in [0.25, 0.3) is 0 Å². The van der Waals surface area contributed by atoms with Crippen molar-refractivity contribution in [1.29, 1.82) is 0 Å². The molecule has 2 N–H and O–H groups in total. The zero-order valence-corrected chi connectivity index (χ0v) is 4.33. The summed E-state index contributed by atoms with van der Waals surface area (Å²) in [5, 5.41) is 2.08. The molecule has 0 aromatic heterocycles. The highest BCUT2D eigenvalue weighted by atomic mass is 32.2. The molecule has 0 amide bonds. The number of hydrogen-bond donors (Lipinski definition) is 1. The molecule has 1 atom stereocenters. The Hall–Kier alpha value is 0.110. The van der Waals surface area contributed by atoms with Crippen molar-refractivity contribution in [1.82, 2.24) is 0 Å². The number of nitrogens with two attached hydrogens (primary N) is 1. The van der Waals surface area contributed by atoms with Crippen LogP contribution in [0.15, 0.2) is 0 Å². The van der Waals surface area contributed by atoms with E-state index in [4.69, 9.17) is 0 Å². The third kappa shape index (κ3) is 0.786. The van der Waals surface area contributed by atoms with Crippen molar-refractivity contribution in [2.45, 2.75) is 0 Å². The van der Waals surface area contributed by atoms with Gasteiger partial charge in [-0.3, -0.25) is 4.21 Å². The summed E-state index contributed by atoms with van der Waals surface area (Å²) in [4.78, 5) is 0. The molecule has 0 aliphatic carbocycles. The fourth-order valence-electron chi connectivity index (χ4n) is 0.513. The van der Waals surface area contributed by atoms with Gasteiger partial charge in [0.2, 0.25) is 0 Å². The van der Waals surface area contributed by atoms with Gasteiger partial charge in [-0.15, -0.1) is 0 Å². The van der Waals surface area contributed by atoms with Gasteiger partial charge in [0.1, 0.15) is 0 Å². The van der Waals surface area contributed by atoms with Crippen LogP contribution in [-0.2, 0) is 10.8 Å². The summed E-state index contributed by atoms with van der Waals surface area (Å²) < 4.78 is 10.3. The predicted molar refractivity (Wildman–Crippen MR) is 24.7 cm³/mol. The highest BCUT2D eigenvalue weighted by Crippen LogP contribution is 1.75. The molecule has 1 aliphatic heterocycles. The summed E-state index contributed by atoms with van der Waals surface area (Å²) in [6, 6.07) is 0. The molecule has 0 radical (unpaired) electrons. The molecule has 0 aromatic rings. The molecular formula is C3H8NOS+. The molecule has 6 heavy (non-hydrogen) atoms. The van der Waals surface area contributed by atoms with Crippen molar-refractivity contribution in [2.24, 2.45) is 0 Å². The van der Waals surface area contributed by atoms with E-state index in [0.717, 1.165) is 18.2 Å². The lowest BCUT2D eigenvalue weighted by atomic mass is 10.8. The monoisotopic (exact) mass is 106 g/mol. The minimum atomic E-state index is -0.478. The molecule has 0 saturated carbocycles. The largest absolute Gasteiger partial charge is 0.335 e. The molecule has 1 fully saturated rings. The predicted octanol–water partition coefficient (Wildman–Crippen LogP) is -1.73. The Balaban J connectivity index is 2.37. The van der Waals surface area contributed by atoms with Crippen molar-refractivity contribution in [2.75, 3.05) is 18.2 Å². The fraction of sp³-hybridized carbons (Fsp3) is 1.00. The molecule has 1 rings (SSSR count). The van der Waals surface area contributed by atoms with E-state index in [-0.39, 0.29) is 0 Å². The second kappa shape index (κ2) is 1.71. The Bertz CT molecular complexity index is 65.2. The smallest absolute Gasteiger partial charge is 0.152 e. The normalized spacial score (nSPS) is 34.3. The van der Waals surface area contributed by atoms with Gasteiger partial charge in [0.15, 0.2) is 5.88 Å². The Kier molecular flexibility index (Phi) is 1.22. The highest BCUT2D eigenvalue weighted by Gasteiger charge is 2.08. The van der Waals surface area contributed by atoms with Crippen LogP contribution in [0.4, 0.5) is 0 Å². The lowest BCUT2D eigenvalue weighted by molar-refractivity contribution is -0.626. The van der Waals surface area contributed by atoms with Gasteiger partial charge in [0.25, 0.3) is 0 Å². The molecule has 1 saturated heterocycles. The lowest BCUT2D eigenvalue weighted by Crippen LogP contribution is -2.81. The zero-order chi connectivity index (χ0) is 4.41.